The minimum absolute atomic E-state index is 0.0835. The summed E-state index contributed by atoms with van der Waals surface area (Å²) in [5, 5.41) is 29.0. The maximum absolute atomic E-state index is 11.7. The number of amides is 2. The smallest absolute Gasteiger partial charge is 0.337 e. The first-order chi connectivity index (χ1) is 8.85. The van der Waals surface area contributed by atoms with E-state index < -0.39 is 17.6 Å². The molecular formula is C11H22N2O6. The van der Waals surface area contributed by atoms with Gasteiger partial charge >= 0.3 is 12.0 Å². The summed E-state index contributed by atoms with van der Waals surface area (Å²) in [4.78, 5) is 23.8. The molecule has 4 N–H and O–H groups in total. The molecule has 0 aliphatic heterocycles. The summed E-state index contributed by atoms with van der Waals surface area (Å²) in [5.41, 5.74) is -2.00. The van der Waals surface area contributed by atoms with E-state index in [1.165, 1.54) is 4.90 Å². The van der Waals surface area contributed by atoms with Crippen LogP contribution in [-0.4, -0.2) is 77.3 Å². The van der Waals surface area contributed by atoms with Gasteiger partial charge in [-0.1, -0.05) is 0 Å². The Hall–Kier alpha value is -1.38. The predicted octanol–water partition coefficient (Wildman–Crippen LogP) is -1.14. The molecule has 0 spiro atoms. The molecule has 0 rings (SSSR count). The molecule has 2 amide bonds. The monoisotopic (exact) mass is 278 g/mol. The molecule has 0 aliphatic rings. The van der Waals surface area contributed by atoms with Crippen LogP contribution in [-0.2, 0) is 9.53 Å². The molecule has 0 radical (unpaired) electrons. The zero-order valence-corrected chi connectivity index (χ0v) is 11.3. The van der Waals surface area contributed by atoms with Crippen molar-refractivity contribution >= 4 is 12.0 Å². The third kappa shape index (κ3) is 6.94. The van der Waals surface area contributed by atoms with Crippen molar-refractivity contribution in [2.75, 3.05) is 39.5 Å². The third-order valence-electron chi connectivity index (χ3n) is 2.45. The number of aliphatic hydroxyl groups is 2. The first-order valence-electron chi connectivity index (χ1n) is 6.02. The van der Waals surface area contributed by atoms with E-state index in [-0.39, 0.29) is 26.4 Å². The highest BCUT2D eigenvalue weighted by Gasteiger charge is 2.30. The fraction of sp³-hybridized carbons (Fsp3) is 0.818. The van der Waals surface area contributed by atoms with Gasteiger partial charge in [-0.3, -0.25) is 0 Å². The van der Waals surface area contributed by atoms with Crippen LogP contribution in [0.25, 0.3) is 0 Å². The van der Waals surface area contributed by atoms with Gasteiger partial charge in [0.05, 0.1) is 26.4 Å². The van der Waals surface area contributed by atoms with Crippen molar-refractivity contribution in [3.63, 3.8) is 0 Å². The molecule has 0 fully saturated rings. The molecule has 0 aromatic heterocycles. The fourth-order valence-corrected chi connectivity index (χ4v) is 1.18. The molecular weight excluding hydrogens is 256 g/mol. The number of carboxylic acid groups (broad SMARTS) is 1. The van der Waals surface area contributed by atoms with Crippen LogP contribution in [0.1, 0.15) is 13.8 Å². The summed E-state index contributed by atoms with van der Waals surface area (Å²) >= 11 is 0. The molecule has 0 heterocycles. The van der Waals surface area contributed by atoms with E-state index in [0.29, 0.717) is 13.1 Å². The van der Waals surface area contributed by atoms with Gasteiger partial charge in [0, 0.05) is 13.1 Å². The van der Waals surface area contributed by atoms with E-state index in [9.17, 15) is 14.7 Å². The summed E-state index contributed by atoms with van der Waals surface area (Å²) in [6, 6.07) is -0.475. The van der Waals surface area contributed by atoms with E-state index in [1.54, 1.807) is 6.92 Å². The standard InChI is InChI=1S/C11H22N2O6/c1-3-13(4-6-19-7-5-14)10(17)12-8-11(2,18)9(15)16/h14,18H,3-8H2,1-2H3,(H,12,17)(H,15,16). The number of carbonyl (C=O) groups excluding carboxylic acids is 1. The quantitative estimate of drug-likeness (QED) is 0.396. The van der Waals surface area contributed by atoms with E-state index in [2.05, 4.69) is 5.32 Å². The molecule has 112 valence electrons. The van der Waals surface area contributed by atoms with Crippen molar-refractivity contribution in [3.05, 3.63) is 0 Å². The zero-order valence-electron chi connectivity index (χ0n) is 11.3. The lowest BCUT2D eigenvalue weighted by Gasteiger charge is -2.24. The number of nitrogens with one attached hydrogen (secondary N) is 1. The Labute approximate surface area is 112 Å². The van der Waals surface area contributed by atoms with Crippen molar-refractivity contribution in [1.29, 1.82) is 0 Å². The minimum atomic E-state index is -2.00. The highest BCUT2D eigenvalue weighted by atomic mass is 16.5. The Bertz CT molecular complexity index is 295. The number of nitrogens with zero attached hydrogens (tertiary/aromatic N) is 1. The number of carboxylic acids is 1. The van der Waals surface area contributed by atoms with Crippen molar-refractivity contribution in [2.24, 2.45) is 0 Å². The summed E-state index contributed by atoms with van der Waals surface area (Å²) in [6.07, 6.45) is 0. The number of aliphatic hydroxyl groups excluding tert-OH is 1. The average Bonchev–Trinajstić information content (AvgIpc) is 2.36. The molecule has 0 bridgehead atoms. The van der Waals surface area contributed by atoms with Crippen LogP contribution in [0.3, 0.4) is 0 Å². The molecule has 8 nitrogen and oxygen atoms in total. The minimum Gasteiger partial charge on any atom is -0.479 e. The van der Waals surface area contributed by atoms with Gasteiger partial charge in [-0.2, -0.15) is 0 Å². The molecule has 8 heteroatoms. The van der Waals surface area contributed by atoms with Crippen molar-refractivity contribution in [1.82, 2.24) is 10.2 Å². The Morgan fingerprint density at radius 1 is 1.37 bits per heavy atom. The van der Waals surface area contributed by atoms with E-state index in [0.717, 1.165) is 6.92 Å². The number of rotatable bonds is 9. The van der Waals surface area contributed by atoms with Crippen molar-refractivity contribution < 1.29 is 29.6 Å². The zero-order chi connectivity index (χ0) is 14.9. The normalized spacial score (nSPS) is 13.7. The number of carbonyl (C=O) groups is 2. The fourth-order valence-electron chi connectivity index (χ4n) is 1.18. The third-order valence-corrected chi connectivity index (χ3v) is 2.45. The molecule has 1 unspecified atom stereocenters. The second-order valence-corrected chi connectivity index (χ2v) is 4.15. The summed E-state index contributed by atoms with van der Waals surface area (Å²) < 4.78 is 5.03. The van der Waals surface area contributed by atoms with Crippen molar-refractivity contribution in [3.8, 4) is 0 Å². The van der Waals surface area contributed by atoms with E-state index in [4.69, 9.17) is 14.9 Å². The first kappa shape index (κ1) is 17.6. The lowest BCUT2D eigenvalue weighted by Crippen LogP contribution is -2.50. The maximum atomic E-state index is 11.7. The summed E-state index contributed by atoms with van der Waals surface area (Å²) in [7, 11) is 0. The molecule has 1 atom stereocenters. The Kier molecular flexibility index (Phi) is 8.05. The number of hydrogen-bond acceptors (Lipinski definition) is 5. The highest BCUT2D eigenvalue weighted by Crippen LogP contribution is 2.01. The maximum Gasteiger partial charge on any atom is 0.337 e. The number of likely N-dealkylation sites (N-methyl/N-ethyl adjacent to an activating group) is 1. The van der Waals surface area contributed by atoms with Gasteiger partial charge in [-0.15, -0.1) is 0 Å². The largest absolute Gasteiger partial charge is 0.479 e. The van der Waals surface area contributed by atoms with Gasteiger partial charge in [-0.05, 0) is 13.8 Å². The molecule has 0 saturated heterocycles. The number of ether oxygens (including phenoxy) is 1. The molecule has 19 heavy (non-hydrogen) atoms. The lowest BCUT2D eigenvalue weighted by atomic mass is 10.1. The van der Waals surface area contributed by atoms with Crippen LogP contribution in [0.5, 0.6) is 0 Å². The van der Waals surface area contributed by atoms with Gasteiger partial charge < -0.3 is 30.3 Å². The van der Waals surface area contributed by atoms with Gasteiger partial charge in [-0.25, -0.2) is 9.59 Å². The Morgan fingerprint density at radius 3 is 2.47 bits per heavy atom. The molecule has 0 aromatic carbocycles. The van der Waals surface area contributed by atoms with Gasteiger partial charge in [0.15, 0.2) is 5.60 Å². The Morgan fingerprint density at radius 2 is 2.00 bits per heavy atom. The lowest BCUT2D eigenvalue weighted by molar-refractivity contribution is -0.155. The van der Waals surface area contributed by atoms with E-state index in [1.807, 2.05) is 0 Å². The number of urea groups is 1. The van der Waals surface area contributed by atoms with E-state index >= 15 is 0 Å². The van der Waals surface area contributed by atoms with Crippen LogP contribution in [0.2, 0.25) is 0 Å². The average molecular weight is 278 g/mol. The van der Waals surface area contributed by atoms with Crippen LogP contribution >= 0.6 is 0 Å². The second-order valence-electron chi connectivity index (χ2n) is 4.15. The van der Waals surface area contributed by atoms with Crippen LogP contribution in [0.4, 0.5) is 4.79 Å². The van der Waals surface area contributed by atoms with Gasteiger partial charge in [0.25, 0.3) is 0 Å². The molecule has 0 saturated carbocycles. The van der Waals surface area contributed by atoms with Crippen LogP contribution in [0.15, 0.2) is 0 Å². The molecule has 0 aliphatic carbocycles. The number of aliphatic carboxylic acids is 1. The molecule has 0 aromatic rings. The first-order valence-corrected chi connectivity index (χ1v) is 6.02. The topological polar surface area (TPSA) is 119 Å². The van der Waals surface area contributed by atoms with Crippen LogP contribution in [0, 0.1) is 0 Å². The SMILES string of the molecule is CCN(CCOCCO)C(=O)NCC(C)(O)C(=O)O. The van der Waals surface area contributed by atoms with Gasteiger partial charge in [0.1, 0.15) is 0 Å². The number of hydrogen-bond donors (Lipinski definition) is 4. The Balaban J connectivity index is 4.11. The van der Waals surface area contributed by atoms with Crippen molar-refractivity contribution in [2.45, 2.75) is 19.4 Å². The summed E-state index contributed by atoms with van der Waals surface area (Å²) in [6.45, 7) is 3.62. The second kappa shape index (κ2) is 8.68. The predicted molar refractivity (Wildman–Crippen MR) is 66.8 cm³/mol. The summed E-state index contributed by atoms with van der Waals surface area (Å²) in [5.74, 6) is -1.40. The highest BCUT2D eigenvalue weighted by molar-refractivity contribution is 5.79. The van der Waals surface area contributed by atoms with Gasteiger partial charge in [0.2, 0.25) is 0 Å². The van der Waals surface area contributed by atoms with Crippen LogP contribution < -0.4 is 5.32 Å².